The van der Waals surface area contributed by atoms with Crippen LogP contribution in [0.1, 0.15) is 6.42 Å². The van der Waals surface area contributed by atoms with Gasteiger partial charge in [0.15, 0.2) is 0 Å². The molecule has 5 heteroatoms. The van der Waals surface area contributed by atoms with E-state index < -0.39 is 9.84 Å². The molecular weight excluding hydrogens is 392 g/mol. The summed E-state index contributed by atoms with van der Waals surface area (Å²) in [5.41, 5.74) is 0.949. The zero-order valence-electron chi connectivity index (χ0n) is 16.5. The van der Waals surface area contributed by atoms with Gasteiger partial charge in [0, 0.05) is 42.6 Å². The number of hydrogen-bond donors (Lipinski definition) is 0. The second-order valence-electron chi connectivity index (χ2n) is 7.50. The number of benzene rings is 3. The van der Waals surface area contributed by atoms with Gasteiger partial charge in [-0.2, -0.15) is 0 Å². The van der Waals surface area contributed by atoms with Crippen LogP contribution in [0.3, 0.4) is 0 Å². The number of aryl methyl sites for hydroxylation is 2. The van der Waals surface area contributed by atoms with Crippen LogP contribution in [0.2, 0.25) is 0 Å². The van der Waals surface area contributed by atoms with E-state index in [-0.39, 0.29) is 0 Å². The smallest absolute Gasteiger partial charge is 0.208 e. The van der Waals surface area contributed by atoms with Gasteiger partial charge in [-0.1, -0.05) is 60.7 Å². The molecule has 2 aromatic heterocycles. The topological polar surface area (TPSA) is 44.0 Å². The largest absolute Gasteiger partial charge is 0.353 e. The summed E-state index contributed by atoms with van der Waals surface area (Å²) in [6, 6.07) is 24.7. The third-order valence-electron chi connectivity index (χ3n) is 5.52. The highest BCUT2D eigenvalue weighted by Crippen LogP contribution is 2.30. The average Bonchev–Trinajstić information content (AvgIpc) is 3.36. The fraction of sp³-hybridized carbons (Fsp3) is 0.120. The minimum Gasteiger partial charge on any atom is -0.353 e. The number of para-hydroxylation sites is 1. The number of hydrogen-bond acceptors (Lipinski definition) is 2. The van der Waals surface area contributed by atoms with E-state index in [1.54, 1.807) is 30.5 Å². The normalized spacial score (nSPS) is 12.0. The number of sulfone groups is 1. The van der Waals surface area contributed by atoms with Gasteiger partial charge in [-0.3, -0.25) is 0 Å². The van der Waals surface area contributed by atoms with Crippen molar-refractivity contribution in [2.45, 2.75) is 29.3 Å². The third kappa shape index (κ3) is 3.31. The molecule has 5 aromatic rings. The highest BCUT2D eigenvalue weighted by molar-refractivity contribution is 7.91. The Hall–Kier alpha value is -3.31. The van der Waals surface area contributed by atoms with Crippen molar-refractivity contribution in [3.63, 3.8) is 0 Å². The summed E-state index contributed by atoms with van der Waals surface area (Å²) in [6.45, 7) is 1.63. The van der Waals surface area contributed by atoms with Crippen LogP contribution in [-0.2, 0) is 22.9 Å². The lowest BCUT2D eigenvalue weighted by atomic mass is 10.2. The Bertz CT molecular complexity index is 1400. The summed E-state index contributed by atoms with van der Waals surface area (Å²) in [5, 5.41) is 3.24. The second kappa shape index (κ2) is 7.50. The van der Waals surface area contributed by atoms with E-state index >= 15 is 0 Å². The summed E-state index contributed by atoms with van der Waals surface area (Å²) in [4.78, 5) is 0.697. The van der Waals surface area contributed by atoms with E-state index in [0.717, 1.165) is 30.4 Å². The Morgan fingerprint density at radius 3 is 2.03 bits per heavy atom. The molecule has 4 nitrogen and oxygen atoms in total. The van der Waals surface area contributed by atoms with Crippen LogP contribution in [0.5, 0.6) is 0 Å². The molecule has 0 aliphatic rings. The van der Waals surface area contributed by atoms with Gasteiger partial charge in [0.2, 0.25) is 9.84 Å². The third-order valence-corrected chi connectivity index (χ3v) is 7.31. The first-order valence-corrected chi connectivity index (χ1v) is 11.5. The zero-order chi connectivity index (χ0) is 20.6. The fourth-order valence-electron chi connectivity index (χ4n) is 4.03. The average molecular weight is 415 g/mol. The molecular formula is C25H22N2O2S. The molecule has 150 valence electrons. The Morgan fingerprint density at radius 2 is 1.30 bits per heavy atom. The van der Waals surface area contributed by atoms with E-state index in [1.165, 1.54) is 10.8 Å². The number of aromatic nitrogens is 2. The molecule has 0 fully saturated rings. The van der Waals surface area contributed by atoms with Gasteiger partial charge in [-0.15, -0.1) is 0 Å². The molecule has 0 saturated heterocycles. The summed E-state index contributed by atoms with van der Waals surface area (Å²) >= 11 is 0. The Labute approximate surface area is 175 Å². The van der Waals surface area contributed by atoms with Crippen molar-refractivity contribution in [2.75, 3.05) is 0 Å². The molecule has 0 spiro atoms. The summed E-state index contributed by atoms with van der Waals surface area (Å²) < 4.78 is 30.7. The first kappa shape index (κ1) is 18.7. The highest BCUT2D eigenvalue weighted by Gasteiger charge is 2.22. The van der Waals surface area contributed by atoms with Crippen LogP contribution >= 0.6 is 0 Å². The molecule has 5 rings (SSSR count). The number of fused-ring (bicyclic) bond motifs is 2. The molecule has 0 atom stereocenters. The van der Waals surface area contributed by atoms with E-state index in [9.17, 15) is 8.42 Å². The first-order valence-electron chi connectivity index (χ1n) is 10.1. The summed E-state index contributed by atoms with van der Waals surface area (Å²) in [6.07, 6.45) is 7.02. The van der Waals surface area contributed by atoms with Crippen LogP contribution < -0.4 is 0 Å². The Kier molecular flexibility index (Phi) is 4.68. The molecule has 0 radical (unpaired) electrons. The molecule has 2 heterocycles. The van der Waals surface area contributed by atoms with Gasteiger partial charge in [-0.05, 0) is 35.4 Å². The molecule has 0 aliphatic carbocycles. The van der Waals surface area contributed by atoms with Crippen LogP contribution in [0.15, 0.2) is 107 Å². The summed E-state index contributed by atoms with van der Waals surface area (Å²) in [7, 11) is -3.57. The van der Waals surface area contributed by atoms with Crippen molar-refractivity contribution in [3.05, 3.63) is 97.5 Å². The Balaban J connectivity index is 1.44. The molecule has 30 heavy (non-hydrogen) atoms. The van der Waals surface area contributed by atoms with Gasteiger partial charge >= 0.3 is 0 Å². The van der Waals surface area contributed by atoms with Crippen molar-refractivity contribution >= 4 is 31.5 Å². The van der Waals surface area contributed by atoms with Crippen molar-refractivity contribution in [1.29, 1.82) is 0 Å². The van der Waals surface area contributed by atoms with Crippen LogP contribution in [0.4, 0.5) is 0 Å². The maximum absolute atomic E-state index is 13.2. The van der Waals surface area contributed by atoms with Gasteiger partial charge in [0.1, 0.15) is 0 Å². The minimum atomic E-state index is -3.57. The van der Waals surface area contributed by atoms with Crippen LogP contribution in [0.25, 0.3) is 21.7 Å². The zero-order valence-corrected chi connectivity index (χ0v) is 17.3. The quantitative estimate of drug-likeness (QED) is 0.367. The maximum atomic E-state index is 13.2. The van der Waals surface area contributed by atoms with E-state index in [4.69, 9.17) is 0 Å². The molecule has 0 aliphatic heterocycles. The van der Waals surface area contributed by atoms with Gasteiger partial charge < -0.3 is 9.13 Å². The Morgan fingerprint density at radius 1 is 0.667 bits per heavy atom. The van der Waals surface area contributed by atoms with Gasteiger partial charge in [-0.25, -0.2) is 8.42 Å². The van der Waals surface area contributed by atoms with Crippen molar-refractivity contribution in [2.24, 2.45) is 0 Å². The van der Waals surface area contributed by atoms with Crippen LogP contribution in [-0.4, -0.2) is 17.6 Å². The molecule has 0 saturated carbocycles. The first-order chi connectivity index (χ1) is 14.6. The number of rotatable bonds is 6. The number of nitrogens with zero attached hydrogens (tertiary/aromatic N) is 2. The van der Waals surface area contributed by atoms with Crippen molar-refractivity contribution in [3.8, 4) is 0 Å². The fourth-order valence-corrected chi connectivity index (χ4v) is 5.53. The van der Waals surface area contributed by atoms with Gasteiger partial charge in [0.05, 0.1) is 9.79 Å². The summed E-state index contributed by atoms with van der Waals surface area (Å²) in [5.74, 6) is 0. The van der Waals surface area contributed by atoms with Gasteiger partial charge in [0.25, 0.3) is 0 Å². The van der Waals surface area contributed by atoms with Crippen molar-refractivity contribution in [1.82, 2.24) is 9.13 Å². The molecule has 0 unspecified atom stereocenters. The molecule has 0 bridgehead atoms. The highest BCUT2D eigenvalue weighted by atomic mass is 32.2. The lowest BCUT2D eigenvalue weighted by Crippen LogP contribution is -2.03. The lowest BCUT2D eigenvalue weighted by Gasteiger charge is -2.06. The molecule has 0 N–H and O–H groups in total. The molecule has 3 aromatic carbocycles. The second-order valence-corrected chi connectivity index (χ2v) is 9.42. The lowest BCUT2D eigenvalue weighted by molar-refractivity contribution is 0.572. The van der Waals surface area contributed by atoms with Crippen molar-refractivity contribution < 1.29 is 8.42 Å². The minimum absolute atomic E-state index is 0.326. The predicted octanol–water partition coefficient (Wildman–Crippen LogP) is 5.52. The monoisotopic (exact) mass is 414 g/mol. The van der Waals surface area contributed by atoms with Crippen LogP contribution in [0, 0.1) is 0 Å². The van der Waals surface area contributed by atoms with E-state index in [2.05, 4.69) is 33.7 Å². The standard InChI is InChI=1S/C25H22N2O2S/c28-30(29,22-11-2-1-3-12-22)25-19-27(24-14-7-6-13-23(24)25)16-8-15-26-17-20-9-4-5-10-21(20)18-26/h1-7,9-14,17-19H,8,15-16H2. The maximum Gasteiger partial charge on any atom is 0.208 e. The van der Waals surface area contributed by atoms with E-state index in [1.807, 2.05) is 42.5 Å². The molecule has 0 amide bonds. The predicted molar refractivity (Wildman–Crippen MR) is 120 cm³/mol. The SMILES string of the molecule is O=S(=O)(c1ccccc1)c1cn(CCCn2cc3ccccc3c2)c2ccccc12. The van der Waals surface area contributed by atoms with E-state index in [0.29, 0.717) is 9.79 Å².